The summed E-state index contributed by atoms with van der Waals surface area (Å²) in [6.07, 6.45) is 0. The molecular formula is C13H12Cl2FNO5. The van der Waals surface area contributed by atoms with Gasteiger partial charge in [-0.25, -0.2) is 9.37 Å². The van der Waals surface area contributed by atoms with Crippen LogP contribution in [0.25, 0.3) is 0 Å². The van der Waals surface area contributed by atoms with Crippen molar-refractivity contribution in [2.45, 2.75) is 13.8 Å². The van der Waals surface area contributed by atoms with Gasteiger partial charge in [-0.2, -0.15) is 0 Å². The Bertz CT molecular complexity index is 590. The highest BCUT2D eigenvalue weighted by atomic mass is 35.5. The molecule has 0 unspecified atom stereocenters. The Morgan fingerprint density at radius 1 is 1.14 bits per heavy atom. The summed E-state index contributed by atoms with van der Waals surface area (Å²) in [7, 11) is 0. The number of ether oxygens (including phenoxy) is 2. The second kappa shape index (κ2) is 8.05. The van der Waals surface area contributed by atoms with E-state index in [0.29, 0.717) is 6.07 Å². The highest BCUT2D eigenvalue weighted by Gasteiger charge is 2.39. The molecule has 0 atom stereocenters. The van der Waals surface area contributed by atoms with Crippen LogP contribution >= 0.6 is 23.2 Å². The van der Waals surface area contributed by atoms with Gasteiger partial charge >= 0.3 is 11.9 Å². The molecule has 0 radical (unpaired) electrons. The van der Waals surface area contributed by atoms with Gasteiger partial charge in [-0.05, 0) is 19.9 Å². The van der Waals surface area contributed by atoms with Crippen LogP contribution in [0.5, 0.6) is 0 Å². The first-order valence-corrected chi connectivity index (χ1v) is 6.98. The Labute approximate surface area is 135 Å². The molecule has 0 aliphatic rings. The lowest BCUT2D eigenvalue weighted by atomic mass is 9.99. The van der Waals surface area contributed by atoms with Crippen molar-refractivity contribution in [2.75, 3.05) is 13.2 Å². The van der Waals surface area contributed by atoms with Crippen molar-refractivity contribution in [3.63, 3.8) is 0 Å². The number of rotatable bonds is 6. The molecule has 0 spiro atoms. The van der Waals surface area contributed by atoms with Crippen molar-refractivity contribution in [2.24, 2.45) is 5.92 Å². The van der Waals surface area contributed by atoms with Gasteiger partial charge in [0.25, 0.3) is 0 Å². The fraction of sp³-hybridized carbons (Fsp3) is 0.385. The molecule has 0 saturated heterocycles. The Balaban J connectivity index is 3.24. The van der Waals surface area contributed by atoms with Crippen LogP contribution in [-0.2, 0) is 19.1 Å². The first-order chi connectivity index (χ1) is 10.3. The molecular weight excluding hydrogens is 340 g/mol. The van der Waals surface area contributed by atoms with E-state index in [0.717, 1.165) is 0 Å². The summed E-state index contributed by atoms with van der Waals surface area (Å²) >= 11 is 11.1. The van der Waals surface area contributed by atoms with Crippen molar-refractivity contribution in [1.29, 1.82) is 0 Å². The largest absolute Gasteiger partial charge is 0.465 e. The fourth-order valence-corrected chi connectivity index (χ4v) is 1.95. The molecule has 0 fully saturated rings. The van der Waals surface area contributed by atoms with Crippen LogP contribution in [0.15, 0.2) is 6.07 Å². The van der Waals surface area contributed by atoms with Gasteiger partial charge in [-0.1, -0.05) is 23.2 Å². The van der Waals surface area contributed by atoms with Crippen molar-refractivity contribution in [3.05, 3.63) is 27.8 Å². The molecule has 0 saturated carbocycles. The lowest BCUT2D eigenvalue weighted by molar-refractivity contribution is -0.158. The number of halogens is 3. The van der Waals surface area contributed by atoms with Crippen molar-refractivity contribution < 1.29 is 28.2 Å². The van der Waals surface area contributed by atoms with Gasteiger partial charge in [-0.15, -0.1) is 0 Å². The molecule has 1 rings (SSSR count). The second-order valence-electron chi connectivity index (χ2n) is 3.90. The lowest BCUT2D eigenvalue weighted by Crippen LogP contribution is -2.35. The SMILES string of the molecule is CCOC(=O)C(C(=O)OCC)C(=O)c1cc(F)c(Cl)nc1Cl. The highest BCUT2D eigenvalue weighted by Crippen LogP contribution is 2.24. The van der Waals surface area contributed by atoms with Crippen molar-refractivity contribution in [1.82, 2.24) is 4.98 Å². The van der Waals surface area contributed by atoms with E-state index < -0.39 is 45.3 Å². The van der Waals surface area contributed by atoms with Crippen LogP contribution < -0.4 is 0 Å². The number of hydrogen-bond acceptors (Lipinski definition) is 6. The monoisotopic (exact) mass is 351 g/mol. The van der Waals surface area contributed by atoms with Crippen molar-refractivity contribution in [3.8, 4) is 0 Å². The van der Waals surface area contributed by atoms with Crippen LogP contribution in [0.4, 0.5) is 4.39 Å². The molecule has 1 aromatic rings. The van der Waals surface area contributed by atoms with Gasteiger partial charge in [0.15, 0.2) is 16.8 Å². The molecule has 0 aromatic carbocycles. The Kier molecular flexibility index (Phi) is 6.70. The molecule has 1 heterocycles. The quantitative estimate of drug-likeness (QED) is 0.339. The van der Waals surface area contributed by atoms with E-state index in [2.05, 4.69) is 14.5 Å². The maximum atomic E-state index is 13.4. The summed E-state index contributed by atoms with van der Waals surface area (Å²) in [4.78, 5) is 39.4. The fourth-order valence-electron chi connectivity index (χ4n) is 1.54. The summed E-state index contributed by atoms with van der Waals surface area (Å²) in [6.45, 7) is 2.90. The van der Waals surface area contributed by atoms with Crippen LogP contribution in [0.1, 0.15) is 24.2 Å². The number of pyridine rings is 1. The Morgan fingerprint density at radius 3 is 2.09 bits per heavy atom. The first kappa shape index (κ1) is 18.3. The van der Waals surface area contributed by atoms with E-state index in [-0.39, 0.29) is 13.2 Å². The highest BCUT2D eigenvalue weighted by molar-refractivity contribution is 6.36. The average molecular weight is 352 g/mol. The van der Waals surface area contributed by atoms with E-state index in [9.17, 15) is 18.8 Å². The van der Waals surface area contributed by atoms with E-state index >= 15 is 0 Å². The second-order valence-corrected chi connectivity index (χ2v) is 4.62. The minimum atomic E-state index is -1.90. The number of carbonyl (C=O) groups is 3. The zero-order valence-corrected chi connectivity index (χ0v) is 13.2. The lowest BCUT2D eigenvalue weighted by Gasteiger charge is -2.14. The topological polar surface area (TPSA) is 82.6 Å². The predicted octanol–water partition coefficient (Wildman–Crippen LogP) is 2.45. The third-order valence-corrected chi connectivity index (χ3v) is 3.01. The molecule has 0 aliphatic carbocycles. The van der Waals surface area contributed by atoms with Crippen LogP contribution in [0, 0.1) is 11.7 Å². The van der Waals surface area contributed by atoms with E-state index in [1.165, 1.54) is 13.8 Å². The number of ketones is 1. The zero-order chi connectivity index (χ0) is 16.9. The molecule has 120 valence electrons. The van der Waals surface area contributed by atoms with E-state index in [1.54, 1.807) is 0 Å². The number of esters is 2. The normalized spacial score (nSPS) is 10.5. The van der Waals surface area contributed by atoms with Gasteiger partial charge < -0.3 is 9.47 Å². The maximum absolute atomic E-state index is 13.4. The third-order valence-electron chi connectivity index (χ3n) is 2.46. The Morgan fingerprint density at radius 2 is 1.64 bits per heavy atom. The van der Waals surface area contributed by atoms with Crippen LogP contribution in [-0.4, -0.2) is 35.9 Å². The zero-order valence-electron chi connectivity index (χ0n) is 11.7. The number of nitrogens with zero attached hydrogens (tertiary/aromatic N) is 1. The smallest absolute Gasteiger partial charge is 0.328 e. The van der Waals surface area contributed by atoms with Gasteiger partial charge in [-0.3, -0.25) is 14.4 Å². The molecule has 0 amide bonds. The summed E-state index contributed by atoms with van der Waals surface area (Å²) < 4.78 is 22.8. The van der Waals surface area contributed by atoms with Gasteiger partial charge in [0.05, 0.1) is 18.8 Å². The Hall–Kier alpha value is -1.73. The number of carbonyl (C=O) groups excluding carboxylic acids is 3. The van der Waals surface area contributed by atoms with Crippen LogP contribution in [0.2, 0.25) is 10.3 Å². The van der Waals surface area contributed by atoms with Gasteiger partial charge in [0.1, 0.15) is 5.15 Å². The molecule has 6 nitrogen and oxygen atoms in total. The van der Waals surface area contributed by atoms with E-state index in [1.807, 2.05) is 0 Å². The average Bonchev–Trinajstić information content (AvgIpc) is 2.43. The number of hydrogen-bond donors (Lipinski definition) is 0. The summed E-state index contributed by atoms with van der Waals surface area (Å²) in [5.41, 5.74) is -0.463. The number of Topliss-reactive ketones (excluding diaryl/α,β-unsaturated/α-hetero) is 1. The summed E-state index contributed by atoms with van der Waals surface area (Å²) in [5, 5.41) is -0.972. The third kappa shape index (κ3) is 4.14. The van der Waals surface area contributed by atoms with E-state index in [4.69, 9.17) is 23.2 Å². The molecule has 1 aromatic heterocycles. The molecule has 0 N–H and O–H groups in total. The predicted molar refractivity (Wildman–Crippen MR) is 75.3 cm³/mol. The number of aromatic nitrogens is 1. The molecule has 9 heteroatoms. The summed E-state index contributed by atoms with van der Waals surface area (Å²) in [6, 6.07) is 0.700. The van der Waals surface area contributed by atoms with Crippen LogP contribution in [0.3, 0.4) is 0 Å². The molecule has 0 bridgehead atoms. The first-order valence-electron chi connectivity index (χ1n) is 6.22. The maximum Gasteiger partial charge on any atom is 0.328 e. The standard InChI is InChI=1S/C13H12Cl2FNO5/c1-3-21-12(19)8(13(20)22-4-2)9(18)6-5-7(16)11(15)17-10(6)14/h5,8H,3-4H2,1-2H3. The van der Waals surface area contributed by atoms with Gasteiger partial charge in [0.2, 0.25) is 5.92 Å². The minimum absolute atomic E-state index is 0.0526. The molecule has 22 heavy (non-hydrogen) atoms. The minimum Gasteiger partial charge on any atom is -0.465 e. The van der Waals surface area contributed by atoms with Crippen molar-refractivity contribution >= 4 is 40.9 Å². The van der Waals surface area contributed by atoms with Gasteiger partial charge in [0, 0.05) is 0 Å². The molecule has 0 aliphatic heterocycles. The summed E-state index contributed by atoms with van der Waals surface area (Å²) in [5.74, 6) is -6.22.